The average molecular weight is 466 g/mol. The molecule has 10 nitrogen and oxygen atoms in total. The van der Waals surface area contributed by atoms with E-state index in [1.54, 1.807) is 15.8 Å². The van der Waals surface area contributed by atoms with Crippen LogP contribution < -0.4 is 16.4 Å². The van der Waals surface area contributed by atoms with E-state index in [0.29, 0.717) is 44.3 Å². The Morgan fingerprint density at radius 2 is 1.94 bits per heavy atom. The summed E-state index contributed by atoms with van der Waals surface area (Å²) in [6, 6.07) is 11.6. The molecule has 34 heavy (non-hydrogen) atoms. The number of benzene rings is 1. The molecule has 2 aromatic rings. The lowest BCUT2D eigenvalue weighted by atomic mass is 9.85. The van der Waals surface area contributed by atoms with Crippen molar-refractivity contribution in [3.63, 3.8) is 0 Å². The lowest BCUT2D eigenvalue weighted by molar-refractivity contribution is 0.0536. The van der Waals surface area contributed by atoms with E-state index in [-0.39, 0.29) is 18.1 Å². The number of nitrogens with one attached hydrogen (secondary N) is 2. The van der Waals surface area contributed by atoms with Gasteiger partial charge in [0.05, 0.1) is 24.6 Å². The Bertz CT molecular complexity index is 1030. The van der Waals surface area contributed by atoms with Crippen molar-refractivity contribution >= 4 is 23.5 Å². The molecule has 2 fully saturated rings. The summed E-state index contributed by atoms with van der Waals surface area (Å²) in [7, 11) is 0. The molecular formula is C24H31N7O3. The van der Waals surface area contributed by atoms with Gasteiger partial charge in [0.15, 0.2) is 5.82 Å². The molecule has 2 aliphatic rings. The lowest BCUT2D eigenvalue weighted by Crippen LogP contribution is -2.48. The highest BCUT2D eigenvalue weighted by Gasteiger charge is 2.39. The fourth-order valence-corrected chi connectivity index (χ4v) is 4.62. The highest BCUT2D eigenvalue weighted by molar-refractivity contribution is 5.98. The maximum Gasteiger partial charge on any atom is 0.409 e. The van der Waals surface area contributed by atoms with Gasteiger partial charge in [0.1, 0.15) is 5.56 Å². The van der Waals surface area contributed by atoms with Crippen molar-refractivity contribution in [2.24, 2.45) is 11.7 Å². The summed E-state index contributed by atoms with van der Waals surface area (Å²) in [6.07, 6.45) is 4.57. The number of amides is 2. The predicted molar refractivity (Wildman–Crippen MR) is 126 cm³/mol. The number of hydrogen-bond donors (Lipinski definition) is 3. The lowest BCUT2D eigenvalue weighted by Gasteiger charge is -2.40. The fourth-order valence-electron chi connectivity index (χ4n) is 4.62. The van der Waals surface area contributed by atoms with Crippen molar-refractivity contribution in [3.8, 4) is 6.07 Å². The number of nitriles is 1. The quantitative estimate of drug-likeness (QED) is 0.571. The van der Waals surface area contributed by atoms with Crippen molar-refractivity contribution in [2.45, 2.75) is 37.6 Å². The summed E-state index contributed by atoms with van der Waals surface area (Å²) in [5, 5.41) is 20.6. The van der Waals surface area contributed by atoms with E-state index in [9.17, 15) is 14.9 Å². The maximum absolute atomic E-state index is 12.6. The molecule has 2 aliphatic heterocycles. The number of para-hydroxylation sites is 1. The highest BCUT2D eigenvalue weighted by atomic mass is 16.6. The molecule has 1 aromatic heterocycles. The van der Waals surface area contributed by atoms with Crippen LogP contribution in [0.15, 0.2) is 36.5 Å². The summed E-state index contributed by atoms with van der Waals surface area (Å²) < 4.78 is 7.26. The van der Waals surface area contributed by atoms with Gasteiger partial charge < -0.3 is 26.0 Å². The van der Waals surface area contributed by atoms with Crippen LogP contribution in [0, 0.1) is 17.2 Å². The van der Waals surface area contributed by atoms with E-state index in [1.807, 2.05) is 30.3 Å². The van der Waals surface area contributed by atoms with Gasteiger partial charge in [-0.05, 0) is 56.8 Å². The summed E-state index contributed by atoms with van der Waals surface area (Å²) in [4.78, 5) is 26.4. The van der Waals surface area contributed by atoms with Gasteiger partial charge in [0, 0.05) is 25.0 Å². The number of carbonyl (C=O) groups excluding carboxylic acids is 2. The molecule has 2 amide bonds. The number of piperidine rings is 2. The summed E-state index contributed by atoms with van der Waals surface area (Å²) >= 11 is 0. The van der Waals surface area contributed by atoms with Crippen LogP contribution in [0.2, 0.25) is 0 Å². The first-order valence-electron chi connectivity index (χ1n) is 11.7. The second-order valence-electron chi connectivity index (χ2n) is 9.01. The number of primary amides is 1. The van der Waals surface area contributed by atoms with Gasteiger partial charge in [0.2, 0.25) is 0 Å². The van der Waals surface area contributed by atoms with Crippen LogP contribution in [-0.2, 0) is 10.3 Å². The van der Waals surface area contributed by atoms with Crippen molar-refractivity contribution in [3.05, 3.63) is 42.1 Å². The van der Waals surface area contributed by atoms with Crippen LogP contribution >= 0.6 is 0 Å². The van der Waals surface area contributed by atoms with Gasteiger partial charge in [-0.15, -0.1) is 0 Å². The zero-order valence-electron chi connectivity index (χ0n) is 19.2. The smallest absolute Gasteiger partial charge is 0.409 e. The summed E-state index contributed by atoms with van der Waals surface area (Å²) in [5.41, 5.74) is 6.01. The van der Waals surface area contributed by atoms with E-state index in [0.717, 1.165) is 31.6 Å². The Labute approximate surface area is 199 Å². The molecule has 10 heteroatoms. The van der Waals surface area contributed by atoms with Gasteiger partial charge in [-0.1, -0.05) is 18.2 Å². The van der Waals surface area contributed by atoms with E-state index < -0.39 is 11.4 Å². The number of carbonyl (C=O) groups is 2. The second-order valence-corrected chi connectivity index (χ2v) is 9.01. The molecule has 0 unspecified atom stereocenters. The van der Waals surface area contributed by atoms with E-state index >= 15 is 0 Å². The average Bonchev–Trinajstić information content (AvgIpc) is 3.29. The van der Waals surface area contributed by atoms with Crippen molar-refractivity contribution in [1.29, 1.82) is 5.26 Å². The van der Waals surface area contributed by atoms with Crippen LogP contribution in [0.5, 0.6) is 0 Å². The molecule has 0 saturated carbocycles. The Morgan fingerprint density at radius 1 is 1.24 bits per heavy atom. The molecule has 0 spiro atoms. The number of ether oxygens (including phenoxy) is 1. The molecule has 180 valence electrons. The van der Waals surface area contributed by atoms with E-state index in [2.05, 4.69) is 21.8 Å². The number of aromatic nitrogens is 2. The van der Waals surface area contributed by atoms with Crippen LogP contribution in [0.3, 0.4) is 0 Å². The van der Waals surface area contributed by atoms with Crippen LogP contribution in [-0.4, -0.2) is 59.5 Å². The Balaban J connectivity index is 1.45. The zero-order chi connectivity index (χ0) is 24.0. The monoisotopic (exact) mass is 465 g/mol. The van der Waals surface area contributed by atoms with Gasteiger partial charge >= 0.3 is 6.09 Å². The molecule has 0 bridgehead atoms. The third-order valence-electron chi connectivity index (χ3n) is 6.76. The van der Waals surface area contributed by atoms with Crippen LogP contribution in [0.25, 0.3) is 0 Å². The molecule has 0 radical (unpaired) electrons. The third-order valence-corrected chi connectivity index (χ3v) is 6.76. The summed E-state index contributed by atoms with van der Waals surface area (Å²) in [5.74, 6) is 0.148. The van der Waals surface area contributed by atoms with Crippen molar-refractivity contribution in [2.75, 3.05) is 38.1 Å². The first kappa shape index (κ1) is 23.6. The SMILES string of the molecule is N#CCC1(n2cc(C(N)=O)c(Nc3ccccc3)n2)CCN(C(=O)OCC2CCNCC2)CC1. The second kappa shape index (κ2) is 10.6. The van der Waals surface area contributed by atoms with Crippen molar-refractivity contribution in [1.82, 2.24) is 20.0 Å². The number of anilines is 2. The Morgan fingerprint density at radius 3 is 2.59 bits per heavy atom. The first-order valence-corrected chi connectivity index (χ1v) is 11.7. The number of nitrogens with two attached hydrogens (primary N) is 1. The van der Waals surface area contributed by atoms with Gasteiger partial charge in [-0.25, -0.2) is 4.79 Å². The molecule has 0 aliphatic carbocycles. The molecular weight excluding hydrogens is 434 g/mol. The number of rotatable bonds is 7. The van der Waals surface area contributed by atoms with E-state index in [4.69, 9.17) is 10.5 Å². The molecule has 3 heterocycles. The van der Waals surface area contributed by atoms with Crippen LogP contribution in [0.1, 0.15) is 42.5 Å². The largest absolute Gasteiger partial charge is 0.449 e. The zero-order valence-corrected chi connectivity index (χ0v) is 19.2. The number of nitrogens with zero attached hydrogens (tertiary/aromatic N) is 4. The summed E-state index contributed by atoms with van der Waals surface area (Å²) in [6.45, 7) is 3.25. The maximum atomic E-state index is 12.6. The molecule has 4 N–H and O–H groups in total. The molecule has 2 saturated heterocycles. The van der Waals surface area contributed by atoms with Crippen molar-refractivity contribution < 1.29 is 14.3 Å². The minimum absolute atomic E-state index is 0.204. The van der Waals surface area contributed by atoms with E-state index in [1.165, 1.54) is 0 Å². The topological polar surface area (TPSA) is 138 Å². The minimum Gasteiger partial charge on any atom is -0.449 e. The van der Waals surface area contributed by atoms with Gasteiger partial charge in [0.25, 0.3) is 5.91 Å². The normalized spacial score (nSPS) is 18.1. The first-order chi connectivity index (χ1) is 16.5. The Kier molecular flexibility index (Phi) is 7.33. The predicted octanol–water partition coefficient (Wildman–Crippen LogP) is 2.57. The Hall–Kier alpha value is -3.58. The number of hydrogen-bond acceptors (Lipinski definition) is 7. The third kappa shape index (κ3) is 5.31. The standard InChI is InChI=1S/C24H31N7O3/c25-11-8-24(9-14-30(15-10-24)23(33)34-17-18-6-12-27-13-7-18)31-16-20(21(26)32)22(29-31)28-19-4-2-1-3-5-19/h1-5,16,18,27H,6-10,12-15,17H2,(H2,26,32)(H,28,29). The van der Waals surface area contributed by atoms with Gasteiger partial charge in [-0.3, -0.25) is 9.48 Å². The highest BCUT2D eigenvalue weighted by Crippen LogP contribution is 2.35. The van der Waals surface area contributed by atoms with Crippen LogP contribution in [0.4, 0.5) is 16.3 Å². The molecule has 0 atom stereocenters. The molecule has 4 rings (SSSR count). The molecule has 1 aromatic carbocycles. The minimum atomic E-state index is -0.638. The van der Waals surface area contributed by atoms with Gasteiger partial charge in [-0.2, -0.15) is 10.4 Å². The fraction of sp³-hybridized carbons (Fsp3) is 0.500. The number of likely N-dealkylation sites (tertiary alicyclic amines) is 1.